The van der Waals surface area contributed by atoms with Gasteiger partial charge in [-0.15, -0.1) is 0 Å². The molecule has 1 atom stereocenters. The second-order valence-electron chi connectivity index (χ2n) is 8.53. The number of nitrogens with one attached hydrogen (secondary N) is 4. The van der Waals surface area contributed by atoms with E-state index in [9.17, 15) is 18.4 Å². The van der Waals surface area contributed by atoms with Gasteiger partial charge in [-0.1, -0.05) is 12.1 Å². The van der Waals surface area contributed by atoms with Crippen LogP contribution < -0.4 is 21.3 Å². The molecule has 4 rings (SSSR count). The average molecular weight is 499 g/mol. The molecule has 2 aromatic heterocycles. The number of alkyl carbamates (subject to hydrolysis) is 1. The van der Waals surface area contributed by atoms with E-state index in [2.05, 4.69) is 31.2 Å². The van der Waals surface area contributed by atoms with Crippen molar-refractivity contribution in [3.8, 4) is 11.1 Å². The first-order chi connectivity index (χ1) is 17.3. The van der Waals surface area contributed by atoms with Gasteiger partial charge in [0, 0.05) is 43.0 Å². The summed E-state index contributed by atoms with van der Waals surface area (Å²) >= 11 is 0. The van der Waals surface area contributed by atoms with Crippen LogP contribution >= 0.6 is 0 Å². The number of piperidine rings is 1. The van der Waals surface area contributed by atoms with Crippen LogP contribution in [0.3, 0.4) is 0 Å². The van der Waals surface area contributed by atoms with E-state index in [-0.39, 0.29) is 19.0 Å². The summed E-state index contributed by atoms with van der Waals surface area (Å²) in [6.07, 6.45) is 0.975. The lowest BCUT2D eigenvalue weighted by atomic mass is 9.96. The maximum absolute atomic E-state index is 14.0. The molecule has 36 heavy (non-hydrogen) atoms. The summed E-state index contributed by atoms with van der Waals surface area (Å²) in [5.74, 6) is -2.76. The second-order valence-corrected chi connectivity index (χ2v) is 8.53. The molecule has 0 aliphatic carbocycles. The maximum atomic E-state index is 14.0. The van der Waals surface area contributed by atoms with E-state index in [4.69, 9.17) is 4.74 Å². The zero-order valence-electron chi connectivity index (χ0n) is 20.0. The molecule has 1 aromatic carbocycles. The number of pyridine rings is 2. The van der Waals surface area contributed by atoms with Gasteiger partial charge in [-0.25, -0.2) is 23.4 Å². The molecule has 0 spiro atoms. The number of nitrogens with zero attached hydrogens (tertiary/aromatic N) is 2. The smallest absolute Gasteiger partial charge is 0.407 e. The number of aryl methyl sites for hydroxylation is 1. The molecule has 9 nitrogen and oxygen atoms in total. The third-order valence-corrected chi connectivity index (χ3v) is 5.87. The standard InChI is InChI=1S/C25H28F2N6O3/c1-3-29-23(34)33-22-11-19-18(16-6-9-30-15(2)10-16)5-4-17(20(19)13-31-22)12-32-24(35)36-21-7-8-28-14-25(21,26)27/h4-6,9-11,13,21,28H,3,7-8,12,14H2,1-2H3,(H,32,35)(H2,29,31,33,34). The number of anilines is 1. The highest BCUT2D eigenvalue weighted by Crippen LogP contribution is 2.32. The SMILES string of the molecule is CCNC(=O)Nc1cc2c(-c3ccnc(C)c3)ccc(CNC(=O)OC3CCNCC3(F)F)c2cn1. The van der Waals surface area contributed by atoms with Crippen molar-refractivity contribution in [2.75, 3.05) is 25.0 Å². The quantitative estimate of drug-likeness (QED) is 0.409. The zero-order chi connectivity index (χ0) is 25.7. The normalized spacial score (nSPS) is 16.8. The molecule has 0 bridgehead atoms. The zero-order valence-corrected chi connectivity index (χ0v) is 20.0. The Balaban J connectivity index is 1.60. The summed E-state index contributed by atoms with van der Waals surface area (Å²) in [6.45, 7) is 4.05. The number of benzene rings is 1. The van der Waals surface area contributed by atoms with Gasteiger partial charge in [-0.2, -0.15) is 0 Å². The number of amides is 3. The van der Waals surface area contributed by atoms with Crippen molar-refractivity contribution in [2.24, 2.45) is 0 Å². The van der Waals surface area contributed by atoms with Crippen LogP contribution in [0.5, 0.6) is 0 Å². The first-order valence-corrected chi connectivity index (χ1v) is 11.7. The number of carbonyl (C=O) groups is 2. The molecule has 1 saturated heterocycles. The Morgan fingerprint density at radius 1 is 1.17 bits per heavy atom. The molecule has 3 aromatic rings. The molecule has 4 N–H and O–H groups in total. The Kier molecular flexibility index (Phi) is 7.58. The molecule has 1 unspecified atom stereocenters. The van der Waals surface area contributed by atoms with E-state index in [0.717, 1.165) is 27.6 Å². The molecule has 1 aliphatic rings. The highest BCUT2D eigenvalue weighted by Gasteiger charge is 2.44. The van der Waals surface area contributed by atoms with Crippen LogP contribution in [-0.4, -0.2) is 53.8 Å². The van der Waals surface area contributed by atoms with Crippen LogP contribution in [0.1, 0.15) is 24.6 Å². The molecule has 1 aliphatic heterocycles. The van der Waals surface area contributed by atoms with E-state index in [1.165, 1.54) is 0 Å². The van der Waals surface area contributed by atoms with Crippen LogP contribution in [-0.2, 0) is 11.3 Å². The molecule has 3 amide bonds. The Labute approximate surface area is 207 Å². The summed E-state index contributed by atoms with van der Waals surface area (Å²) < 4.78 is 33.0. The molecule has 0 radical (unpaired) electrons. The Morgan fingerprint density at radius 2 is 2.00 bits per heavy atom. The van der Waals surface area contributed by atoms with Crippen LogP contribution in [0.4, 0.5) is 24.2 Å². The lowest BCUT2D eigenvalue weighted by Crippen LogP contribution is -2.52. The minimum Gasteiger partial charge on any atom is -0.440 e. The molecular weight excluding hydrogens is 470 g/mol. The predicted molar refractivity (Wildman–Crippen MR) is 132 cm³/mol. The van der Waals surface area contributed by atoms with Gasteiger partial charge in [0.1, 0.15) is 5.82 Å². The van der Waals surface area contributed by atoms with Gasteiger partial charge in [-0.3, -0.25) is 10.3 Å². The molecule has 11 heteroatoms. The van der Waals surface area contributed by atoms with Crippen LogP contribution in [0, 0.1) is 6.92 Å². The van der Waals surface area contributed by atoms with Crippen molar-refractivity contribution in [1.29, 1.82) is 0 Å². The Morgan fingerprint density at radius 3 is 2.75 bits per heavy atom. The summed E-state index contributed by atoms with van der Waals surface area (Å²) in [4.78, 5) is 32.9. The Bertz CT molecular complexity index is 1270. The van der Waals surface area contributed by atoms with Gasteiger partial charge < -0.3 is 20.7 Å². The third kappa shape index (κ3) is 5.85. The molecule has 3 heterocycles. The third-order valence-electron chi connectivity index (χ3n) is 5.87. The number of ether oxygens (including phenoxy) is 1. The fourth-order valence-electron chi connectivity index (χ4n) is 4.10. The molecule has 0 saturated carbocycles. The van der Waals surface area contributed by atoms with Gasteiger partial charge in [-0.05, 0) is 60.7 Å². The van der Waals surface area contributed by atoms with Gasteiger partial charge in [0.05, 0.1) is 6.54 Å². The number of rotatable bonds is 6. The number of aromatic nitrogens is 2. The maximum Gasteiger partial charge on any atom is 0.407 e. The largest absolute Gasteiger partial charge is 0.440 e. The summed E-state index contributed by atoms with van der Waals surface area (Å²) in [5.41, 5.74) is 3.37. The predicted octanol–water partition coefficient (Wildman–Crippen LogP) is 3.97. The number of urea groups is 1. The monoisotopic (exact) mass is 498 g/mol. The number of hydrogen-bond acceptors (Lipinski definition) is 6. The molecular formula is C25H28F2N6O3. The number of fused-ring (bicyclic) bond motifs is 1. The van der Waals surface area contributed by atoms with E-state index >= 15 is 0 Å². The second kappa shape index (κ2) is 10.8. The lowest BCUT2D eigenvalue weighted by Gasteiger charge is -2.31. The minimum absolute atomic E-state index is 0.0364. The van der Waals surface area contributed by atoms with E-state index in [1.54, 1.807) is 18.5 Å². The fourth-order valence-corrected chi connectivity index (χ4v) is 4.10. The highest BCUT2D eigenvalue weighted by molar-refractivity contribution is 6.01. The van der Waals surface area contributed by atoms with Gasteiger partial charge in [0.15, 0.2) is 6.10 Å². The topological polar surface area (TPSA) is 117 Å². The van der Waals surface area contributed by atoms with E-state index < -0.39 is 24.7 Å². The number of alkyl halides is 2. The number of carbonyl (C=O) groups excluding carboxylic acids is 2. The van der Waals surface area contributed by atoms with Crippen molar-refractivity contribution in [2.45, 2.75) is 38.8 Å². The van der Waals surface area contributed by atoms with Gasteiger partial charge in [0.25, 0.3) is 5.92 Å². The lowest BCUT2D eigenvalue weighted by molar-refractivity contribution is -0.123. The van der Waals surface area contributed by atoms with E-state index in [1.807, 2.05) is 38.1 Å². The van der Waals surface area contributed by atoms with Crippen molar-refractivity contribution < 1.29 is 23.1 Å². The Hall–Kier alpha value is -3.86. The summed E-state index contributed by atoms with van der Waals surface area (Å²) in [6, 6.07) is 8.95. The summed E-state index contributed by atoms with van der Waals surface area (Å²) in [5, 5.41) is 12.1. The van der Waals surface area contributed by atoms with Crippen LogP contribution in [0.2, 0.25) is 0 Å². The van der Waals surface area contributed by atoms with Crippen LogP contribution in [0.25, 0.3) is 21.9 Å². The van der Waals surface area contributed by atoms with E-state index in [0.29, 0.717) is 24.5 Å². The summed E-state index contributed by atoms with van der Waals surface area (Å²) in [7, 11) is 0. The van der Waals surface area contributed by atoms with Crippen molar-refractivity contribution >= 4 is 28.7 Å². The molecule has 190 valence electrons. The van der Waals surface area contributed by atoms with Crippen molar-refractivity contribution in [1.82, 2.24) is 25.9 Å². The number of hydrogen-bond donors (Lipinski definition) is 4. The van der Waals surface area contributed by atoms with Crippen molar-refractivity contribution in [3.05, 3.63) is 54.0 Å². The van der Waals surface area contributed by atoms with Crippen molar-refractivity contribution in [3.63, 3.8) is 0 Å². The molecule has 1 fully saturated rings. The average Bonchev–Trinajstić information content (AvgIpc) is 2.84. The van der Waals surface area contributed by atoms with Gasteiger partial charge in [0.2, 0.25) is 0 Å². The van der Waals surface area contributed by atoms with Gasteiger partial charge >= 0.3 is 12.1 Å². The first kappa shape index (κ1) is 25.2. The highest BCUT2D eigenvalue weighted by atomic mass is 19.3. The first-order valence-electron chi connectivity index (χ1n) is 11.7. The number of halogens is 2. The fraction of sp³-hybridized carbons (Fsp3) is 0.360. The minimum atomic E-state index is -3.12. The van der Waals surface area contributed by atoms with Crippen LogP contribution in [0.15, 0.2) is 42.7 Å².